The topological polar surface area (TPSA) is 136 Å². The number of fused-ring (bicyclic) bond motifs is 2. The highest BCUT2D eigenvalue weighted by Crippen LogP contribution is 2.79. The van der Waals surface area contributed by atoms with Gasteiger partial charge in [0, 0.05) is 76.3 Å². The van der Waals surface area contributed by atoms with Crippen molar-refractivity contribution in [2.75, 3.05) is 39.9 Å². The molecule has 1 heterocycles. The molecule has 0 aromatic heterocycles. The number of rotatable bonds is 8. The highest BCUT2D eigenvalue weighted by atomic mass is 16.7. The molecular weight excluding hydrogens is 556 g/mol. The van der Waals surface area contributed by atoms with Gasteiger partial charge in [-0.1, -0.05) is 19.1 Å². The Morgan fingerprint density at radius 3 is 2.51 bits per heavy atom. The fourth-order valence-corrected chi connectivity index (χ4v) is 11.5. The fraction of sp³-hybridized carbons (Fsp3) is 0.750. The molecule has 1 aliphatic heterocycles. The van der Waals surface area contributed by atoms with E-state index < -0.39 is 40.3 Å². The zero-order chi connectivity index (χ0) is 30.5. The van der Waals surface area contributed by atoms with Crippen LogP contribution in [-0.2, 0) is 28.6 Å². The van der Waals surface area contributed by atoms with Crippen LogP contribution in [-0.4, -0.2) is 103 Å². The second-order valence-corrected chi connectivity index (χ2v) is 13.7. The Labute approximate surface area is 252 Å². The molecular formula is C32H44N2O9. The van der Waals surface area contributed by atoms with Gasteiger partial charge in [-0.15, -0.1) is 0 Å². The molecule has 43 heavy (non-hydrogen) atoms. The van der Waals surface area contributed by atoms with Crippen LogP contribution in [0.1, 0.15) is 56.3 Å². The van der Waals surface area contributed by atoms with Gasteiger partial charge in [-0.05, 0) is 44.4 Å². The first-order valence-electron chi connectivity index (χ1n) is 15.6. The predicted octanol–water partition coefficient (Wildman–Crippen LogP) is 2.15. The standard InChI is InChI=1S/C32H44N2O9/c1-6-34-16-29(42-28(36)18-9-7-8-10-21(18)33-43-17(2)35)12-11-25(40-4)31-23(29)14-20(26(31)34)30(37)15-22(39-3)19-13-24(31)32(30,38)27(19)41-5/h7-10,19-20,22-27,33,37-38H,6,11-16H2,1-5H3/t19-,20?,22+,23?,24?,25+,26-,27?,29?,30+,31+,32+/m1/s1. The maximum atomic E-state index is 14.1. The monoisotopic (exact) mass is 600 g/mol. The number of carbonyl (C=O) groups is 2. The van der Waals surface area contributed by atoms with Gasteiger partial charge in [-0.25, -0.2) is 10.3 Å². The van der Waals surface area contributed by atoms with Crippen molar-refractivity contribution >= 4 is 17.6 Å². The number of piperidine rings is 1. The van der Waals surface area contributed by atoms with Crippen molar-refractivity contribution in [2.24, 2.45) is 29.1 Å². The summed E-state index contributed by atoms with van der Waals surface area (Å²) in [6.07, 6.45) is 1.81. The van der Waals surface area contributed by atoms with Crippen LogP contribution in [0.25, 0.3) is 0 Å². The molecule has 6 fully saturated rings. The van der Waals surface area contributed by atoms with Crippen LogP contribution in [0.5, 0.6) is 0 Å². The van der Waals surface area contributed by atoms with E-state index in [9.17, 15) is 19.8 Å². The Hall–Kier alpha value is -2.28. The first-order chi connectivity index (χ1) is 20.6. The number of carbonyl (C=O) groups excluding carboxylic acids is 2. The number of aliphatic hydroxyl groups is 2. The summed E-state index contributed by atoms with van der Waals surface area (Å²) in [6.45, 7) is 4.62. The molecule has 1 aromatic rings. The van der Waals surface area contributed by atoms with Gasteiger partial charge in [0.15, 0.2) is 0 Å². The number of nitrogens with zero attached hydrogens (tertiary/aromatic N) is 1. The van der Waals surface area contributed by atoms with Crippen LogP contribution < -0.4 is 5.48 Å². The van der Waals surface area contributed by atoms with Gasteiger partial charge in [0.05, 0.1) is 29.6 Å². The van der Waals surface area contributed by atoms with Crippen molar-refractivity contribution in [1.82, 2.24) is 4.90 Å². The first-order valence-corrected chi connectivity index (χ1v) is 15.6. The molecule has 5 unspecified atom stereocenters. The molecule has 1 saturated heterocycles. The van der Waals surface area contributed by atoms with Crippen LogP contribution in [0.4, 0.5) is 5.69 Å². The van der Waals surface area contributed by atoms with E-state index in [0.29, 0.717) is 50.9 Å². The number of anilines is 1. The molecule has 5 aliphatic carbocycles. The quantitative estimate of drug-likeness (QED) is 0.299. The molecule has 7 rings (SSSR count). The average Bonchev–Trinajstić information content (AvgIpc) is 3.42. The van der Waals surface area contributed by atoms with Crippen molar-refractivity contribution in [3.8, 4) is 0 Å². The van der Waals surface area contributed by atoms with E-state index in [1.807, 2.05) is 0 Å². The molecule has 5 saturated carbocycles. The van der Waals surface area contributed by atoms with E-state index in [4.69, 9.17) is 23.8 Å². The van der Waals surface area contributed by atoms with E-state index in [-0.39, 0.29) is 47.5 Å². The third-order valence-corrected chi connectivity index (χ3v) is 12.6. The van der Waals surface area contributed by atoms with Crippen LogP contribution in [0.2, 0.25) is 0 Å². The van der Waals surface area contributed by atoms with Gasteiger partial charge in [-0.2, -0.15) is 0 Å². The lowest BCUT2D eigenvalue weighted by Gasteiger charge is -2.70. The van der Waals surface area contributed by atoms with Gasteiger partial charge in [0.25, 0.3) is 0 Å². The van der Waals surface area contributed by atoms with Gasteiger partial charge in [-0.3, -0.25) is 9.69 Å². The second-order valence-electron chi connectivity index (χ2n) is 13.7. The van der Waals surface area contributed by atoms with E-state index >= 15 is 0 Å². The third kappa shape index (κ3) is 3.46. The van der Waals surface area contributed by atoms with Gasteiger partial charge < -0.3 is 34.0 Å². The molecule has 0 amide bonds. The molecule has 11 nitrogen and oxygen atoms in total. The minimum atomic E-state index is -1.49. The van der Waals surface area contributed by atoms with Gasteiger partial charge in [0.2, 0.25) is 0 Å². The van der Waals surface area contributed by atoms with Crippen LogP contribution >= 0.6 is 0 Å². The zero-order valence-electron chi connectivity index (χ0n) is 25.6. The maximum Gasteiger partial charge on any atom is 0.340 e. The number of esters is 1. The minimum absolute atomic E-state index is 0.0559. The van der Waals surface area contributed by atoms with Gasteiger partial charge in [0.1, 0.15) is 16.8 Å². The number of hydrogen-bond donors (Lipinski definition) is 3. The number of likely N-dealkylation sites (N-methyl/N-ethyl adjacent to an activating group) is 1. The largest absolute Gasteiger partial charge is 0.454 e. The Morgan fingerprint density at radius 1 is 1.07 bits per heavy atom. The lowest BCUT2D eigenvalue weighted by molar-refractivity contribution is -0.337. The summed E-state index contributed by atoms with van der Waals surface area (Å²) in [6, 6.07) is 6.76. The molecule has 6 aliphatic rings. The lowest BCUT2D eigenvalue weighted by atomic mass is 9.44. The normalized spacial score (nSPS) is 47.2. The number of methoxy groups -OCH3 is 3. The van der Waals surface area contributed by atoms with Crippen LogP contribution in [0.15, 0.2) is 24.3 Å². The summed E-state index contributed by atoms with van der Waals surface area (Å²) in [5.41, 5.74) is -1.16. The molecule has 11 heteroatoms. The van der Waals surface area contributed by atoms with Crippen LogP contribution in [0.3, 0.4) is 0 Å². The summed E-state index contributed by atoms with van der Waals surface area (Å²) in [7, 11) is 5.04. The maximum absolute atomic E-state index is 14.1. The van der Waals surface area contributed by atoms with Crippen molar-refractivity contribution in [2.45, 2.75) is 87.1 Å². The van der Waals surface area contributed by atoms with Crippen LogP contribution in [0, 0.1) is 29.1 Å². The first kappa shape index (κ1) is 29.4. The van der Waals surface area contributed by atoms with Crippen molar-refractivity contribution < 1.29 is 43.6 Å². The number of para-hydroxylation sites is 1. The smallest absolute Gasteiger partial charge is 0.340 e. The number of nitrogens with one attached hydrogen (secondary N) is 1. The minimum Gasteiger partial charge on any atom is -0.454 e. The molecule has 236 valence electrons. The number of ether oxygens (including phenoxy) is 4. The summed E-state index contributed by atoms with van der Waals surface area (Å²) < 4.78 is 25.0. The Balaban J connectivity index is 1.35. The number of likely N-dealkylation sites (tertiary alicyclic amines) is 1. The predicted molar refractivity (Wildman–Crippen MR) is 153 cm³/mol. The van der Waals surface area contributed by atoms with E-state index in [1.165, 1.54) is 6.92 Å². The van der Waals surface area contributed by atoms with Gasteiger partial charge >= 0.3 is 11.9 Å². The fourth-order valence-electron chi connectivity index (χ4n) is 11.5. The summed E-state index contributed by atoms with van der Waals surface area (Å²) in [4.78, 5) is 32.9. The Morgan fingerprint density at radius 2 is 1.84 bits per heavy atom. The zero-order valence-corrected chi connectivity index (χ0v) is 25.6. The third-order valence-electron chi connectivity index (χ3n) is 12.6. The highest BCUT2D eigenvalue weighted by molar-refractivity contribution is 5.96. The summed E-state index contributed by atoms with van der Waals surface area (Å²) >= 11 is 0. The van der Waals surface area contributed by atoms with Crippen molar-refractivity contribution in [1.29, 1.82) is 0 Å². The van der Waals surface area contributed by atoms with E-state index in [2.05, 4.69) is 17.3 Å². The summed E-state index contributed by atoms with van der Waals surface area (Å²) in [5, 5.41) is 25.7. The second kappa shape index (κ2) is 9.86. The number of benzene rings is 1. The molecule has 7 bridgehead atoms. The molecule has 1 aromatic carbocycles. The Bertz CT molecular complexity index is 1310. The molecule has 0 radical (unpaired) electrons. The molecule has 3 N–H and O–H groups in total. The van der Waals surface area contributed by atoms with E-state index in [0.717, 1.165) is 0 Å². The van der Waals surface area contributed by atoms with E-state index in [1.54, 1.807) is 45.6 Å². The lowest BCUT2D eigenvalue weighted by Crippen LogP contribution is -2.83. The summed E-state index contributed by atoms with van der Waals surface area (Å²) in [5.74, 6) is -1.89. The average molecular weight is 601 g/mol. The van der Waals surface area contributed by atoms with Crippen molar-refractivity contribution in [3.63, 3.8) is 0 Å². The number of hydrogen-bond acceptors (Lipinski definition) is 11. The molecule has 12 atom stereocenters. The highest BCUT2D eigenvalue weighted by Gasteiger charge is 2.89. The SMILES string of the molecule is CCN1CC2(OC(=O)c3ccccc3NOC(C)=O)CC[C@H](OC)[C@@]34C2CC([C@@H]13)[C@@]1(O)C[C@H](OC)[C@H]2CC4[C@]1(O)C2OC. The van der Waals surface area contributed by atoms with Crippen molar-refractivity contribution in [3.05, 3.63) is 29.8 Å². The molecule has 1 spiro atoms. The Kier molecular flexibility index (Phi) is 6.75.